The fourth-order valence-corrected chi connectivity index (χ4v) is 1.54. The second-order valence-corrected chi connectivity index (χ2v) is 4.15. The summed E-state index contributed by atoms with van der Waals surface area (Å²) in [6.07, 6.45) is 0. The van der Waals surface area contributed by atoms with Gasteiger partial charge >= 0.3 is 11.9 Å². The average Bonchev–Trinajstić information content (AvgIpc) is 2.38. The number of hydrogen-bond donors (Lipinski definition) is 0. The van der Waals surface area contributed by atoms with Gasteiger partial charge in [-0.3, -0.25) is 19.7 Å². The molecule has 0 spiro atoms. The van der Waals surface area contributed by atoms with Gasteiger partial charge in [-0.25, -0.2) is 0 Å². The Bertz CT molecular complexity index is 478. The smallest absolute Gasteiger partial charge is 0.302 e. The van der Waals surface area contributed by atoms with Gasteiger partial charge in [0.1, 0.15) is 13.2 Å². The number of hydrogen-bond acceptors (Lipinski definition) is 6. The monoisotopic (exact) mass is 281 g/mol. The molecule has 0 bridgehead atoms. The number of carbonyl (C=O) groups is 2. The molecule has 0 saturated heterocycles. The molecule has 0 heterocycles. The quantitative estimate of drug-likeness (QED) is 0.448. The van der Waals surface area contributed by atoms with Gasteiger partial charge in [0, 0.05) is 26.0 Å². The van der Waals surface area contributed by atoms with Crippen LogP contribution < -0.4 is 0 Å². The fraction of sp³-hybridized carbons (Fsp3) is 0.385. The minimum atomic E-state index is -0.503. The summed E-state index contributed by atoms with van der Waals surface area (Å²) in [7, 11) is 0. The zero-order valence-electron chi connectivity index (χ0n) is 11.2. The standard InChI is InChI=1S/C13H15NO6/c1-9(15)19-7-12(8-20-10(2)16)11-3-5-13(6-4-11)14(17)18/h3-6,12H,7-8H2,1-2H3. The summed E-state index contributed by atoms with van der Waals surface area (Å²) in [5.41, 5.74) is 0.658. The molecule has 0 aliphatic heterocycles. The van der Waals surface area contributed by atoms with Crippen LogP contribution in [-0.2, 0) is 19.1 Å². The van der Waals surface area contributed by atoms with Gasteiger partial charge < -0.3 is 9.47 Å². The zero-order chi connectivity index (χ0) is 15.1. The lowest BCUT2D eigenvalue weighted by molar-refractivity contribution is -0.384. The zero-order valence-corrected chi connectivity index (χ0v) is 11.2. The van der Waals surface area contributed by atoms with Crippen LogP contribution in [0.3, 0.4) is 0 Å². The Morgan fingerprint density at radius 2 is 1.55 bits per heavy atom. The molecule has 0 fully saturated rings. The Morgan fingerprint density at radius 3 is 1.90 bits per heavy atom. The molecule has 0 amide bonds. The predicted molar refractivity (Wildman–Crippen MR) is 69.1 cm³/mol. The molecule has 0 aromatic heterocycles. The Labute approximate surface area is 115 Å². The van der Waals surface area contributed by atoms with Crippen molar-refractivity contribution in [2.45, 2.75) is 19.8 Å². The molecule has 1 aromatic carbocycles. The Kier molecular flexibility index (Phi) is 5.64. The molecule has 0 saturated carbocycles. The van der Waals surface area contributed by atoms with E-state index in [1.807, 2.05) is 0 Å². The van der Waals surface area contributed by atoms with E-state index in [4.69, 9.17) is 9.47 Å². The van der Waals surface area contributed by atoms with E-state index in [-0.39, 0.29) is 24.8 Å². The van der Waals surface area contributed by atoms with E-state index in [1.165, 1.54) is 26.0 Å². The lowest BCUT2D eigenvalue weighted by atomic mass is 10.0. The Hall–Kier alpha value is -2.44. The molecule has 0 N–H and O–H groups in total. The molecule has 0 atom stereocenters. The second-order valence-electron chi connectivity index (χ2n) is 4.15. The summed E-state index contributed by atoms with van der Waals surface area (Å²) >= 11 is 0. The first-order valence-electron chi connectivity index (χ1n) is 5.91. The van der Waals surface area contributed by atoms with Gasteiger partial charge in [-0.1, -0.05) is 12.1 Å². The summed E-state index contributed by atoms with van der Waals surface area (Å²) in [5, 5.41) is 10.6. The molecular formula is C13H15NO6. The van der Waals surface area contributed by atoms with Crippen molar-refractivity contribution in [3.05, 3.63) is 39.9 Å². The maximum Gasteiger partial charge on any atom is 0.302 e. The maximum atomic E-state index is 10.8. The molecule has 108 valence electrons. The molecular weight excluding hydrogens is 266 g/mol. The third-order valence-corrected chi connectivity index (χ3v) is 2.55. The summed E-state index contributed by atoms with van der Waals surface area (Å²) in [6, 6.07) is 5.80. The van der Waals surface area contributed by atoms with Gasteiger partial charge in [-0.15, -0.1) is 0 Å². The minimum Gasteiger partial charge on any atom is -0.465 e. The molecule has 7 heteroatoms. The van der Waals surface area contributed by atoms with Crippen LogP contribution in [0.15, 0.2) is 24.3 Å². The first kappa shape index (κ1) is 15.6. The molecule has 1 aromatic rings. The Balaban J connectivity index is 2.81. The van der Waals surface area contributed by atoms with E-state index in [0.29, 0.717) is 5.56 Å². The van der Waals surface area contributed by atoms with Crippen molar-refractivity contribution in [2.75, 3.05) is 13.2 Å². The van der Waals surface area contributed by atoms with Gasteiger partial charge in [0.2, 0.25) is 0 Å². The lowest BCUT2D eigenvalue weighted by Gasteiger charge is -2.16. The first-order valence-corrected chi connectivity index (χ1v) is 5.91. The molecule has 0 aliphatic rings. The third-order valence-electron chi connectivity index (χ3n) is 2.55. The van der Waals surface area contributed by atoms with Crippen LogP contribution in [0.4, 0.5) is 5.69 Å². The number of rotatable bonds is 6. The largest absolute Gasteiger partial charge is 0.465 e. The number of esters is 2. The van der Waals surface area contributed by atoms with Crippen LogP contribution in [0, 0.1) is 10.1 Å². The molecule has 0 radical (unpaired) electrons. The molecule has 0 unspecified atom stereocenters. The number of nitro benzene ring substituents is 1. The van der Waals surface area contributed by atoms with Crippen LogP contribution in [0.5, 0.6) is 0 Å². The molecule has 0 aliphatic carbocycles. The topological polar surface area (TPSA) is 95.7 Å². The first-order chi connectivity index (χ1) is 9.40. The van der Waals surface area contributed by atoms with Crippen LogP contribution in [0.2, 0.25) is 0 Å². The number of non-ortho nitro benzene ring substituents is 1. The van der Waals surface area contributed by atoms with Gasteiger partial charge in [0.15, 0.2) is 0 Å². The highest BCUT2D eigenvalue weighted by Gasteiger charge is 2.16. The summed E-state index contributed by atoms with van der Waals surface area (Å²) in [6.45, 7) is 2.64. The highest BCUT2D eigenvalue weighted by Crippen LogP contribution is 2.20. The molecule has 20 heavy (non-hydrogen) atoms. The van der Waals surface area contributed by atoms with E-state index in [0.717, 1.165) is 0 Å². The summed E-state index contributed by atoms with van der Waals surface area (Å²) in [4.78, 5) is 31.8. The van der Waals surface area contributed by atoms with Crippen molar-refractivity contribution in [2.24, 2.45) is 0 Å². The van der Waals surface area contributed by atoms with Crippen LogP contribution >= 0.6 is 0 Å². The van der Waals surface area contributed by atoms with Crippen molar-refractivity contribution >= 4 is 17.6 Å². The third kappa shape index (κ3) is 5.05. The van der Waals surface area contributed by atoms with E-state index in [2.05, 4.69) is 0 Å². The Morgan fingerprint density at radius 1 is 1.10 bits per heavy atom. The summed E-state index contributed by atoms with van der Waals surface area (Å²) in [5.74, 6) is -1.25. The van der Waals surface area contributed by atoms with Crippen LogP contribution in [0.1, 0.15) is 25.3 Å². The van der Waals surface area contributed by atoms with Crippen molar-refractivity contribution in [3.63, 3.8) is 0 Å². The van der Waals surface area contributed by atoms with Crippen molar-refractivity contribution in [1.82, 2.24) is 0 Å². The van der Waals surface area contributed by atoms with Crippen LogP contribution in [0.25, 0.3) is 0 Å². The van der Waals surface area contributed by atoms with E-state index >= 15 is 0 Å². The highest BCUT2D eigenvalue weighted by molar-refractivity contribution is 5.66. The normalized spacial score (nSPS) is 10.2. The van der Waals surface area contributed by atoms with Crippen LogP contribution in [-0.4, -0.2) is 30.1 Å². The minimum absolute atomic E-state index is 0.0347. The highest BCUT2D eigenvalue weighted by atomic mass is 16.6. The molecule has 1 rings (SSSR count). The fourth-order valence-electron chi connectivity index (χ4n) is 1.54. The van der Waals surface area contributed by atoms with Gasteiger partial charge in [0.25, 0.3) is 5.69 Å². The number of ether oxygens (including phenoxy) is 2. The van der Waals surface area contributed by atoms with E-state index < -0.39 is 16.9 Å². The number of benzene rings is 1. The SMILES string of the molecule is CC(=O)OCC(COC(C)=O)c1ccc([N+](=O)[O-])cc1. The van der Waals surface area contributed by atoms with Gasteiger partial charge in [-0.2, -0.15) is 0 Å². The number of carbonyl (C=O) groups excluding carboxylic acids is 2. The van der Waals surface area contributed by atoms with Gasteiger partial charge in [0.05, 0.1) is 10.8 Å². The van der Waals surface area contributed by atoms with E-state index in [9.17, 15) is 19.7 Å². The maximum absolute atomic E-state index is 10.8. The molecule has 7 nitrogen and oxygen atoms in total. The van der Waals surface area contributed by atoms with Crippen molar-refractivity contribution in [1.29, 1.82) is 0 Å². The van der Waals surface area contributed by atoms with Crippen molar-refractivity contribution in [3.8, 4) is 0 Å². The van der Waals surface area contributed by atoms with Crippen molar-refractivity contribution < 1.29 is 24.0 Å². The predicted octanol–water partition coefficient (Wildman–Crippen LogP) is 1.80. The lowest BCUT2D eigenvalue weighted by Crippen LogP contribution is -2.17. The van der Waals surface area contributed by atoms with Gasteiger partial charge in [-0.05, 0) is 5.56 Å². The summed E-state index contributed by atoms with van der Waals surface area (Å²) < 4.78 is 9.81. The second kappa shape index (κ2) is 7.22. The number of nitro groups is 1. The average molecular weight is 281 g/mol. The number of nitrogens with zero attached hydrogens (tertiary/aromatic N) is 1. The van der Waals surface area contributed by atoms with E-state index in [1.54, 1.807) is 12.1 Å².